The van der Waals surface area contributed by atoms with Crippen LogP contribution in [-0.4, -0.2) is 31.1 Å². The number of amides is 2. The summed E-state index contributed by atoms with van der Waals surface area (Å²) in [6.45, 7) is 5.57. The van der Waals surface area contributed by atoms with Gasteiger partial charge in [-0.2, -0.15) is 0 Å². The Balaban J connectivity index is 2.70. The highest BCUT2D eigenvalue weighted by Crippen LogP contribution is 2.27. The molecule has 4 N–H and O–H groups in total. The van der Waals surface area contributed by atoms with Gasteiger partial charge in [0.1, 0.15) is 0 Å². The molecule has 3 atom stereocenters. The number of ether oxygens (including phenoxy) is 1. The Morgan fingerprint density at radius 3 is 2.37 bits per heavy atom. The lowest BCUT2D eigenvalue weighted by Crippen LogP contribution is -2.53. The van der Waals surface area contributed by atoms with Crippen LogP contribution in [0.15, 0.2) is 0 Å². The zero-order valence-electron chi connectivity index (χ0n) is 12.2. The van der Waals surface area contributed by atoms with Crippen molar-refractivity contribution in [3.05, 3.63) is 0 Å². The maximum atomic E-state index is 12.0. The highest BCUT2D eigenvalue weighted by atomic mass is 16.5. The monoisotopic (exact) mass is 271 g/mol. The minimum atomic E-state index is -0.457. The Morgan fingerprint density at radius 1 is 1.26 bits per heavy atom. The van der Waals surface area contributed by atoms with Gasteiger partial charge in [0.05, 0.1) is 12.1 Å². The third-order valence-corrected chi connectivity index (χ3v) is 3.60. The highest BCUT2D eigenvalue weighted by Gasteiger charge is 2.36. The first kappa shape index (κ1) is 15.9. The van der Waals surface area contributed by atoms with Crippen molar-refractivity contribution in [1.29, 1.82) is 0 Å². The van der Waals surface area contributed by atoms with Crippen LogP contribution in [0.4, 0.5) is 0 Å². The largest absolute Gasteiger partial charge is 0.379 e. The standard InChI is InChI=1S/C13H25N3O3/c1-13(2,3)12(18)15-9-7-8(11(17)16-14)5-6-10(9)19-4/h8-10H,5-7,14H2,1-4H3,(H,15,18)(H,16,17). The average molecular weight is 271 g/mol. The SMILES string of the molecule is COC1CCC(C(=O)NN)CC1NC(=O)C(C)(C)C. The molecule has 110 valence electrons. The molecule has 1 saturated carbocycles. The summed E-state index contributed by atoms with van der Waals surface area (Å²) in [7, 11) is 1.63. The predicted molar refractivity (Wildman–Crippen MR) is 71.9 cm³/mol. The van der Waals surface area contributed by atoms with Crippen LogP contribution in [0.3, 0.4) is 0 Å². The van der Waals surface area contributed by atoms with Crippen LogP contribution in [0, 0.1) is 11.3 Å². The molecular weight excluding hydrogens is 246 g/mol. The van der Waals surface area contributed by atoms with Gasteiger partial charge in [-0.1, -0.05) is 20.8 Å². The summed E-state index contributed by atoms with van der Waals surface area (Å²) in [6.07, 6.45) is 1.98. The van der Waals surface area contributed by atoms with Gasteiger partial charge in [-0.05, 0) is 19.3 Å². The lowest BCUT2D eigenvalue weighted by Gasteiger charge is -2.36. The minimum Gasteiger partial charge on any atom is -0.379 e. The van der Waals surface area contributed by atoms with Gasteiger partial charge in [0, 0.05) is 18.4 Å². The lowest BCUT2D eigenvalue weighted by atomic mass is 9.82. The zero-order valence-corrected chi connectivity index (χ0v) is 12.2. The van der Waals surface area contributed by atoms with Crippen molar-refractivity contribution in [3.63, 3.8) is 0 Å². The number of hydrogen-bond donors (Lipinski definition) is 3. The summed E-state index contributed by atoms with van der Waals surface area (Å²) < 4.78 is 5.40. The van der Waals surface area contributed by atoms with E-state index in [-0.39, 0.29) is 29.9 Å². The van der Waals surface area contributed by atoms with Gasteiger partial charge < -0.3 is 10.1 Å². The van der Waals surface area contributed by atoms with Crippen LogP contribution in [0.2, 0.25) is 0 Å². The number of nitrogens with two attached hydrogens (primary N) is 1. The summed E-state index contributed by atoms with van der Waals surface area (Å²) in [5.74, 6) is 4.79. The Labute approximate surface area is 114 Å². The number of carbonyl (C=O) groups excluding carboxylic acids is 2. The molecule has 1 fully saturated rings. The third kappa shape index (κ3) is 4.18. The van der Waals surface area contributed by atoms with Gasteiger partial charge in [0.2, 0.25) is 11.8 Å². The molecule has 0 aliphatic heterocycles. The van der Waals surface area contributed by atoms with Crippen molar-refractivity contribution in [3.8, 4) is 0 Å². The molecule has 2 amide bonds. The molecule has 0 bridgehead atoms. The molecule has 0 saturated heterocycles. The van der Waals surface area contributed by atoms with Crippen molar-refractivity contribution < 1.29 is 14.3 Å². The van der Waals surface area contributed by atoms with Crippen LogP contribution < -0.4 is 16.6 Å². The van der Waals surface area contributed by atoms with Gasteiger partial charge in [0.15, 0.2) is 0 Å². The minimum absolute atomic E-state index is 0.0339. The Morgan fingerprint density at radius 2 is 1.89 bits per heavy atom. The Hall–Kier alpha value is -1.14. The quantitative estimate of drug-likeness (QED) is 0.391. The summed E-state index contributed by atoms with van der Waals surface area (Å²) in [4.78, 5) is 23.6. The Bertz CT molecular complexity index is 339. The maximum absolute atomic E-state index is 12.0. The van der Waals surface area contributed by atoms with E-state index < -0.39 is 5.41 Å². The number of carbonyl (C=O) groups is 2. The molecule has 0 radical (unpaired) electrons. The molecule has 1 rings (SSSR count). The van der Waals surface area contributed by atoms with Crippen molar-refractivity contribution in [2.45, 2.75) is 52.2 Å². The van der Waals surface area contributed by atoms with E-state index in [0.717, 1.165) is 12.8 Å². The van der Waals surface area contributed by atoms with Crippen LogP contribution in [0.25, 0.3) is 0 Å². The number of hydrogen-bond acceptors (Lipinski definition) is 4. The van der Waals surface area contributed by atoms with Gasteiger partial charge >= 0.3 is 0 Å². The number of methoxy groups -OCH3 is 1. The third-order valence-electron chi connectivity index (χ3n) is 3.60. The number of nitrogens with one attached hydrogen (secondary N) is 2. The van der Waals surface area contributed by atoms with Gasteiger partial charge in [-0.3, -0.25) is 15.0 Å². The summed E-state index contributed by atoms with van der Waals surface area (Å²) in [6, 6.07) is -0.146. The molecule has 6 nitrogen and oxygen atoms in total. The normalized spacial score (nSPS) is 27.7. The van der Waals surface area contributed by atoms with Gasteiger partial charge in [0.25, 0.3) is 0 Å². The van der Waals surface area contributed by atoms with E-state index in [1.54, 1.807) is 7.11 Å². The zero-order chi connectivity index (χ0) is 14.6. The second kappa shape index (κ2) is 6.34. The topological polar surface area (TPSA) is 93.4 Å². The lowest BCUT2D eigenvalue weighted by molar-refractivity contribution is -0.133. The molecule has 0 spiro atoms. The van der Waals surface area contributed by atoms with E-state index in [2.05, 4.69) is 10.7 Å². The fraction of sp³-hybridized carbons (Fsp3) is 0.846. The fourth-order valence-electron chi connectivity index (χ4n) is 2.32. The van der Waals surface area contributed by atoms with Crippen molar-refractivity contribution in [1.82, 2.24) is 10.7 Å². The second-order valence-electron chi connectivity index (χ2n) is 6.12. The number of hydrazine groups is 1. The average Bonchev–Trinajstić information content (AvgIpc) is 2.36. The van der Waals surface area contributed by atoms with Gasteiger partial charge in [-0.15, -0.1) is 0 Å². The predicted octanol–water partition coefficient (Wildman–Crippen LogP) is 0.322. The molecular formula is C13H25N3O3. The molecule has 0 aromatic heterocycles. The molecule has 3 unspecified atom stereocenters. The van der Waals surface area contributed by atoms with E-state index >= 15 is 0 Å². The highest BCUT2D eigenvalue weighted by molar-refractivity contribution is 5.82. The first-order valence-electron chi connectivity index (χ1n) is 6.63. The second-order valence-corrected chi connectivity index (χ2v) is 6.12. The first-order valence-corrected chi connectivity index (χ1v) is 6.63. The molecule has 0 aromatic rings. The molecule has 0 heterocycles. The molecule has 1 aliphatic rings. The smallest absolute Gasteiger partial charge is 0.237 e. The van der Waals surface area contributed by atoms with Crippen molar-refractivity contribution in [2.75, 3.05) is 7.11 Å². The van der Waals surface area contributed by atoms with Crippen LogP contribution in [0.5, 0.6) is 0 Å². The molecule has 6 heteroatoms. The van der Waals surface area contributed by atoms with Crippen LogP contribution in [-0.2, 0) is 14.3 Å². The van der Waals surface area contributed by atoms with E-state index in [1.807, 2.05) is 20.8 Å². The Kier molecular flexibility index (Phi) is 5.31. The summed E-state index contributed by atoms with van der Waals surface area (Å²) >= 11 is 0. The van der Waals surface area contributed by atoms with E-state index in [4.69, 9.17) is 10.6 Å². The summed E-state index contributed by atoms with van der Waals surface area (Å²) in [5.41, 5.74) is 1.72. The van der Waals surface area contributed by atoms with E-state index in [1.165, 1.54) is 0 Å². The fourth-order valence-corrected chi connectivity index (χ4v) is 2.32. The van der Waals surface area contributed by atoms with Crippen molar-refractivity contribution in [2.24, 2.45) is 17.2 Å². The van der Waals surface area contributed by atoms with E-state index in [0.29, 0.717) is 6.42 Å². The first-order chi connectivity index (χ1) is 8.79. The van der Waals surface area contributed by atoms with E-state index in [9.17, 15) is 9.59 Å². The summed E-state index contributed by atoms with van der Waals surface area (Å²) in [5, 5.41) is 2.98. The van der Waals surface area contributed by atoms with Crippen LogP contribution >= 0.6 is 0 Å². The maximum Gasteiger partial charge on any atom is 0.237 e. The van der Waals surface area contributed by atoms with Crippen molar-refractivity contribution >= 4 is 11.8 Å². The molecule has 1 aliphatic carbocycles. The van der Waals surface area contributed by atoms with Gasteiger partial charge in [-0.25, -0.2) is 5.84 Å². The molecule has 0 aromatic carbocycles. The van der Waals surface area contributed by atoms with Crippen LogP contribution in [0.1, 0.15) is 40.0 Å². The molecule has 19 heavy (non-hydrogen) atoms. The number of rotatable bonds is 3.